The number of hydrogen-bond donors (Lipinski definition) is 1. The molecule has 1 aromatic heterocycles. The summed E-state index contributed by atoms with van der Waals surface area (Å²) < 4.78 is 7.27. The van der Waals surface area contributed by atoms with Crippen LogP contribution >= 0.6 is 11.6 Å². The normalized spacial score (nSPS) is 13.2. The molecule has 0 saturated heterocycles. The third-order valence-corrected chi connectivity index (χ3v) is 3.25. The first-order valence-electron chi connectivity index (χ1n) is 5.50. The molecule has 0 fully saturated rings. The van der Waals surface area contributed by atoms with E-state index in [2.05, 4.69) is 4.98 Å². The van der Waals surface area contributed by atoms with E-state index in [9.17, 15) is 0 Å². The first kappa shape index (κ1) is 12.4. The van der Waals surface area contributed by atoms with Crippen molar-refractivity contribution in [2.24, 2.45) is 12.8 Å². The van der Waals surface area contributed by atoms with Gasteiger partial charge in [0.2, 0.25) is 0 Å². The van der Waals surface area contributed by atoms with E-state index in [4.69, 9.17) is 22.1 Å². The summed E-state index contributed by atoms with van der Waals surface area (Å²) in [4.78, 5) is 4.55. The van der Waals surface area contributed by atoms with E-state index in [1.807, 2.05) is 29.8 Å². The highest BCUT2D eigenvalue weighted by atomic mass is 35.5. The second kappa shape index (κ2) is 5.04. The van der Waals surface area contributed by atoms with Gasteiger partial charge in [-0.05, 0) is 12.1 Å². The number of rotatable bonds is 4. The molecule has 0 bridgehead atoms. The van der Waals surface area contributed by atoms with Gasteiger partial charge in [-0.15, -0.1) is 0 Å². The van der Waals surface area contributed by atoms with Crippen LogP contribution in [-0.4, -0.2) is 29.3 Å². The molecule has 0 aliphatic carbocycles. The van der Waals surface area contributed by atoms with Crippen molar-refractivity contribution in [3.05, 3.63) is 29.0 Å². The lowest BCUT2D eigenvalue weighted by atomic mass is 10.2. The fourth-order valence-corrected chi connectivity index (χ4v) is 2.21. The first-order valence-corrected chi connectivity index (χ1v) is 5.87. The zero-order valence-corrected chi connectivity index (χ0v) is 10.7. The van der Waals surface area contributed by atoms with Gasteiger partial charge >= 0.3 is 0 Å². The highest BCUT2D eigenvalue weighted by Gasteiger charge is 2.14. The molecule has 0 saturated carbocycles. The molecule has 0 aliphatic rings. The van der Waals surface area contributed by atoms with Gasteiger partial charge in [0.25, 0.3) is 0 Å². The molecule has 1 heterocycles. The minimum absolute atomic E-state index is 0.00992. The Kier molecular flexibility index (Phi) is 3.66. The molecule has 5 heteroatoms. The van der Waals surface area contributed by atoms with E-state index in [0.29, 0.717) is 18.0 Å². The number of hydrogen-bond acceptors (Lipinski definition) is 3. The summed E-state index contributed by atoms with van der Waals surface area (Å²) in [5, 5.41) is 0.713. The van der Waals surface area contributed by atoms with E-state index >= 15 is 0 Å². The molecular weight excluding hydrogens is 238 g/mol. The molecule has 0 amide bonds. The Morgan fingerprint density at radius 3 is 2.88 bits per heavy atom. The van der Waals surface area contributed by atoms with E-state index in [0.717, 1.165) is 16.9 Å². The van der Waals surface area contributed by atoms with Crippen LogP contribution in [0.1, 0.15) is 5.82 Å². The van der Waals surface area contributed by atoms with Gasteiger partial charge in [-0.1, -0.05) is 17.7 Å². The van der Waals surface area contributed by atoms with Crippen LogP contribution in [0.3, 0.4) is 0 Å². The van der Waals surface area contributed by atoms with Gasteiger partial charge in [-0.2, -0.15) is 0 Å². The Bertz CT molecular complexity index is 520. The minimum atomic E-state index is -0.00992. The van der Waals surface area contributed by atoms with Crippen LogP contribution in [0.2, 0.25) is 5.02 Å². The average molecular weight is 254 g/mol. The Morgan fingerprint density at radius 2 is 2.29 bits per heavy atom. The maximum absolute atomic E-state index is 6.16. The zero-order chi connectivity index (χ0) is 12.4. The largest absolute Gasteiger partial charge is 0.380 e. The molecule has 1 unspecified atom stereocenters. The Morgan fingerprint density at radius 1 is 1.53 bits per heavy atom. The van der Waals surface area contributed by atoms with E-state index < -0.39 is 0 Å². The number of aryl methyl sites for hydroxylation is 1. The van der Waals surface area contributed by atoms with Crippen molar-refractivity contribution in [1.29, 1.82) is 0 Å². The van der Waals surface area contributed by atoms with Crippen molar-refractivity contribution in [3.8, 4) is 0 Å². The Hall–Kier alpha value is -1.10. The lowest BCUT2D eigenvalue weighted by molar-refractivity contribution is 0.108. The molecule has 1 atom stereocenters. The third-order valence-electron chi connectivity index (χ3n) is 2.94. The topological polar surface area (TPSA) is 53.1 Å². The molecule has 0 radical (unpaired) electrons. The number of nitrogens with zero attached hydrogens (tertiary/aromatic N) is 2. The first-order chi connectivity index (χ1) is 8.17. The molecule has 0 aliphatic heterocycles. The van der Waals surface area contributed by atoms with Crippen molar-refractivity contribution in [2.75, 3.05) is 13.7 Å². The van der Waals surface area contributed by atoms with Crippen LogP contribution in [0.25, 0.3) is 11.0 Å². The number of fused-ring (bicyclic) bond motifs is 1. The summed E-state index contributed by atoms with van der Waals surface area (Å²) in [7, 11) is 3.62. The van der Waals surface area contributed by atoms with Crippen molar-refractivity contribution in [2.45, 2.75) is 12.5 Å². The summed E-state index contributed by atoms with van der Waals surface area (Å²) in [5.74, 6) is 0.936. The lowest BCUT2D eigenvalue weighted by Crippen LogP contribution is -2.25. The minimum Gasteiger partial charge on any atom is -0.380 e. The molecule has 0 spiro atoms. The highest BCUT2D eigenvalue weighted by Crippen LogP contribution is 2.24. The molecule has 2 rings (SSSR count). The Balaban J connectivity index is 2.42. The zero-order valence-electron chi connectivity index (χ0n) is 9.98. The molecule has 92 valence electrons. The van der Waals surface area contributed by atoms with Crippen LogP contribution in [0.4, 0.5) is 0 Å². The van der Waals surface area contributed by atoms with E-state index in [1.54, 1.807) is 7.11 Å². The highest BCUT2D eigenvalue weighted by molar-refractivity contribution is 6.35. The van der Waals surface area contributed by atoms with Crippen LogP contribution in [-0.2, 0) is 18.2 Å². The van der Waals surface area contributed by atoms with Crippen molar-refractivity contribution in [3.63, 3.8) is 0 Å². The van der Waals surface area contributed by atoms with Gasteiger partial charge in [-0.25, -0.2) is 4.98 Å². The fraction of sp³-hybridized carbons (Fsp3) is 0.417. The van der Waals surface area contributed by atoms with Crippen LogP contribution in [0, 0.1) is 0 Å². The predicted octanol–water partition coefficient (Wildman–Crippen LogP) is 1.74. The molecular formula is C12H16ClN3O. The summed E-state index contributed by atoms with van der Waals surface area (Å²) in [6.45, 7) is 0.480. The monoisotopic (exact) mass is 253 g/mol. The van der Waals surface area contributed by atoms with Gasteiger partial charge in [0.15, 0.2) is 0 Å². The summed E-state index contributed by atoms with van der Waals surface area (Å²) in [5.41, 5.74) is 7.48. The molecule has 17 heavy (non-hydrogen) atoms. The second-order valence-electron chi connectivity index (χ2n) is 3.99. The number of nitrogens with two attached hydrogens (primary N) is 1. The molecule has 4 nitrogen and oxygen atoms in total. The van der Waals surface area contributed by atoms with Gasteiger partial charge in [-0.3, -0.25) is 0 Å². The molecule has 1 aromatic carbocycles. The fourth-order valence-electron chi connectivity index (χ4n) is 1.92. The maximum Gasteiger partial charge on any atom is 0.112 e. The average Bonchev–Trinajstić information content (AvgIpc) is 2.64. The number of para-hydroxylation sites is 1. The second-order valence-corrected chi connectivity index (χ2v) is 4.40. The summed E-state index contributed by atoms with van der Waals surface area (Å²) >= 11 is 6.16. The standard InChI is InChI=1S/C12H16ClN3O/c1-16-11(6-8(7-14)17-2)15-10-5-3-4-9(13)12(10)16/h3-5,8H,6-7,14H2,1-2H3. The van der Waals surface area contributed by atoms with Crippen LogP contribution in [0.5, 0.6) is 0 Å². The number of ether oxygens (including phenoxy) is 1. The van der Waals surface area contributed by atoms with Gasteiger partial charge in [0.05, 0.1) is 22.2 Å². The summed E-state index contributed by atoms with van der Waals surface area (Å²) in [6.07, 6.45) is 0.679. The van der Waals surface area contributed by atoms with Crippen molar-refractivity contribution < 1.29 is 4.74 Å². The van der Waals surface area contributed by atoms with Crippen molar-refractivity contribution in [1.82, 2.24) is 9.55 Å². The number of imidazole rings is 1. The Labute approximate surface area is 105 Å². The van der Waals surface area contributed by atoms with E-state index in [-0.39, 0.29) is 6.10 Å². The number of halogens is 1. The lowest BCUT2D eigenvalue weighted by Gasteiger charge is -2.12. The van der Waals surface area contributed by atoms with Crippen molar-refractivity contribution >= 4 is 22.6 Å². The van der Waals surface area contributed by atoms with Crippen LogP contribution in [0.15, 0.2) is 18.2 Å². The smallest absolute Gasteiger partial charge is 0.112 e. The molecule has 2 aromatic rings. The number of benzene rings is 1. The third kappa shape index (κ3) is 2.29. The number of methoxy groups -OCH3 is 1. The number of aromatic nitrogens is 2. The van der Waals surface area contributed by atoms with E-state index in [1.165, 1.54) is 0 Å². The van der Waals surface area contributed by atoms with Crippen LogP contribution < -0.4 is 5.73 Å². The maximum atomic E-state index is 6.16. The molecule has 2 N–H and O–H groups in total. The summed E-state index contributed by atoms with van der Waals surface area (Å²) in [6, 6.07) is 5.72. The quantitative estimate of drug-likeness (QED) is 0.903. The SMILES string of the molecule is COC(CN)Cc1nc2cccc(Cl)c2n1C. The van der Waals surface area contributed by atoms with Gasteiger partial charge in [0, 0.05) is 27.1 Å². The predicted molar refractivity (Wildman–Crippen MR) is 69.3 cm³/mol. The van der Waals surface area contributed by atoms with Gasteiger partial charge < -0.3 is 15.0 Å². The van der Waals surface area contributed by atoms with Gasteiger partial charge in [0.1, 0.15) is 5.82 Å².